The Bertz CT molecular complexity index is 294. The fourth-order valence-corrected chi connectivity index (χ4v) is 1.12. The number of hydrogen-bond acceptors (Lipinski definition) is 3. The molecule has 0 fully saturated rings. The highest BCUT2D eigenvalue weighted by Crippen LogP contribution is 2.11. The lowest BCUT2D eigenvalue weighted by Crippen LogP contribution is -2.47. The van der Waals surface area contributed by atoms with Crippen LogP contribution in [0, 0.1) is 0 Å². The second-order valence-corrected chi connectivity index (χ2v) is 3.62. The SMILES string of the molecule is CCC(C)(CCl)NC(=O)c1cn[nH]n1. The fraction of sp³-hybridized carbons (Fsp3) is 0.625. The lowest BCUT2D eigenvalue weighted by molar-refractivity contribution is 0.0907. The van der Waals surface area contributed by atoms with Gasteiger partial charge >= 0.3 is 0 Å². The van der Waals surface area contributed by atoms with E-state index in [0.29, 0.717) is 5.88 Å². The largest absolute Gasteiger partial charge is 0.344 e. The maximum absolute atomic E-state index is 11.5. The van der Waals surface area contributed by atoms with Gasteiger partial charge in [0.1, 0.15) is 0 Å². The number of carbonyl (C=O) groups excluding carboxylic acids is 1. The average molecular weight is 217 g/mol. The normalized spacial score (nSPS) is 14.8. The predicted octanol–water partition coefficient (Wildman–Crippen LogP) is 0.942. The van der Waals surface area contributed by atoms with Crippen LogP contribution < -0.4 is 5.32 Å². The molecule has 0 aliphatic heterocycles. The first kappa shape index (κ1) is 11.0. The number of rotatable bonds is 4. The van der Waals surface area contributed by atoms with Gasteiger partial charge in [0.2, 0.25) is 0 Å². The van der Waals surface area contributed by atoms with E-state index >= 15 is 0 Å². The van der Waals surface area contributed by atoms with E-state index in [2.05, 4.69) is 20.7 Å². The van der Waals surface area contributed by atoms with Gasteiger partial charge in [0.25, 0.3) is 5.91 Å². The molecule has 5 nitrogen and oxygen atoms in total. The van der Waals surface area contributed by atoms with Crippen molar-refractivity contribution in [2.45, 2.75) is 25.8 Å². The maximum atomic E-state index is 11.5. The number of alkyl halides is 1. The third-order valence-corrected chi connectivity index (χ3v) is 2.73. The Morgan fingerprint density at radius 2 is 2.50 bits per heavy atom. The number of nitrogens with one attached hydrogen (secondary N) is 2. The number of nitrogens with zero attached hydrogens (tertiary/aromatic N) is 2. The first-order valence-corrected chi connectivity index (χ1v) is 4.89. The van der Waals surface area contributed by atoms with Gasteiger partial charge in [-0.25, -0.2) is 0 Å². The van der Waals surface area contributed by atoms with Gasteiger partial charge in [-0.1, -0.05) is 6.92 Å². The van der Waals surface area contributed by atoms with E-state index in [1.54, 1.807) is 0 Å². The molecule has 1 aromatic rings. The van der Waals surface area contributed by atoms with Crippen molar-refractivity contribution in [1.29, 1.82) is 0 Å². The van der Waals surface area contributed by atoms with Crippen molar-refractivity contribution in [3.05, 3.63) is 11.9 Å². The molecular weight excluding hydrogens is 204 g/mol. The molecular formula is C8H13ClN4O. The van der Waals surface area contributed by atoms with Crippen LogP contribution in [0.1, 0.15) is 30.8 Å². The Morgan fingerprint density at radius 1 is 1.79 bits per heavy atom. The minimum atomic E-state index is -0.391. The number of hydrogen-bond donors (Lipinski definition) is 2. The molecule has 0 aliphatic carbocycles. The third kappa shape index (κ3) is 2.45. The molecule has 0 spiro atoms. The Kier molecular flexibility index (Phi) is 3.46. The second kappa shape index (κ2) is 4.41. The maximum Gasteiger partial charge on any atom is 0.273 e. The first-order chi connectivity index (χ1) is 6.61. The topological polar surface area (TPSA) is 70.7 Å². The van der Waals surface area contributed by atoms with Crippen LogP contribution >= 0.6 is 11.6 Å². The molecule has 0 saturated heterocycles. The zero-order valence-electron chi connectivity index (χ0n) is 8.17. The number of aromatic amines is 1. The molecule has 0 aliphatic rings. The van der Waals surface area contributed by atoms with Crippen molar-refractivity contribution < 1.29 is 4.79 Å². The van der Waals surface area contributed by atoms with Crippen LogP contribution in [0.4, 0.5) is 0 Å². The quantitative estimate of drug-likeness (QED) is 0.736. The highest BCUT2D eigenvalue weighted by Gasteiger charge is 2.24. The number of carbonyl (C=O) groups is 1. The standard InChI is InChI=1S/C8H13ClN4O/c1-3-8(2,5-9)11-7(14)6-4-10-13-12-6/h4H,3,5H2,1-2H3,(H,11,14)(H,10,12,13). The first-order valence-electron chi connectivity index (χ1n) is 4.35. The molecule has 1 heterocycles. The lowest BCUT2D eigenvalue weighted by atomic mass is 10.0. The lowest BCUT2D eigenvalue weighted by Gasteiger charge is -2.26. The van der Waals surface area contributed by atoms with E-state index < -0.39 is 5.54 Å². The molecule has 0 saturated carbocycles. The molecule has 1 atom stereocenters. The van der Waals surface area contributed by atoms with Gasteiger partial charge in [0.15, 0.2) is 5.69 Å². The van der Waals surface area contributed by atoms with Crippen LogP contribution in [0.2, 0.25) is 0 Å². The van der Waals surface area contributed by atoms with E-state index in [1.807, 2.05) is 13.8 Å². The van der Waals surface area contributed by atoms with Gasteiger partial charge in [0.05, 0.1) is 11.7 Å². The molecule has 1 unspecified atom stereocenters. The van der Waals surface area contributed by atoms with Crippen molar-refractivity contribution in [2.75, 3.05) is 5.88 Å². The molecule has 2 N–H and O–H groups in total. The summed E-state index contributed by atoms with van der Waals surface area (Å²) in [6.45, 7) is 3.85. The van der Waals surface area contributed by atoms with Crippen molar-refractivity contribution in [1.82, 2.24) is 20.7 Å². The molecule has 1 rings (SSSR count). The third-order valence-electron chi connectivity index (χ3n) is 2.14. The van der Waals surface area contributed by atoms with E-state index in [1.165, 1.54) is 6.20 Å². The summed E-state index contributed by atoms with van der Waals surface area (Å²) in [5.41, 5.74) is -0.118. The summed E-state index contributed by atoms with van der Waals surface area (Å²) in [5.74, 6) is 0.108. The van der Waals surface area contributed by atoms with Crippen LogP contribution in [-0.4, -0.2) is 32.7 Å². The van der Waals surface area contributed by atoms with E-state index in [0.717, 1.165) is 6.42 Å². The summed E-state index contributed by atoms with van der Waals surface area (Å²) in [4.78, 5) is 11.5. The minimum Gasteiger partial charge on any atom is -0.344 e. The van der Waals surface area contributed by atoms with Gasteiger partial charge in [-0.05, 0) is 13.3 Å². The van der Waals surface area contributed by atoms with Crippen LogP contribution in [0.15, 0.2) is 6.20 Å². The summed E-state index contributed by atoms with van der Waals surface area (Å²) in [6, 6.07) is 0. The summed E-state index contributed by atoms with van der Waals surface area (Å²) >= 11 is 5.76. The summed E-state index contributed by atoms with van der Waals surface area (Å²) in [7, 11) is 0. The second-order valence-electron chi connectivity index (χ2n) is 3.36. The van der Waals surface area contributed by atoms with Crippen molar-refractivity contribution in [3.63, 3.8) is 0 Å². The van der Waals surface area contributed by atoms with Gasteiger partial charge in [-0.15, -0.1) is 11.6 Å². The van der Waals surface area contributed by atoms with Crippen LogP contribution in [0.25, 0.3) is 0 Å². The molecule has 6 heteroatoms. The average Bonchev–Trinajstić information content (AvgIpc) is 2.70. The summed E-state index contributed by atoms with van der Waals surface area (Å²) in [5, 5.41) is 12.4. The monoisotopic (exact) mass is 216 g/mol. The van der Waals surface area contributed by atoms with Crippen molar-refractivity contribution >= 4 is 17.5 Å². The molecule has 78 valence electrons. The summed E-state index contributed by atoms with van der Waals surface area (Å²) < 4.78 is 0. The number of halogens is 1. The summed E-state index contributed by atoms with van der Waals surface area (Å²) in [6.07, 6.45) is 2.14. The number of amides is 1. The Balaban J connectivity index is 2.65. The number of H-pyrrole nitrogens is 1. The molecule has 0 bridgehead atoms. The molecule has 0 radical (unpaired) electrons. The van der Waals surface area contributed by atoms with E-state index in [9.17, 15) is 4.79 Å². The molecule has 14 heavy (non-hydrogen) atoms. The van der Waals surface area contributed by atoms with Gasteiger partial charge in [-0.3, -0.25) is 4.79 Å². The Hall–Kier alpha value is -1.10. The van der Waals surface area contributed by atoms with E-state index in [-0.39, 0.29) is 11.6 Å². The van der Waals surface area contributed by atoms with Crippen molar-refractivity contribution in [2.24, 2.45) is 0 Å². The fourth-order valence-electron chi connectivity index (χ4n) is 0.865. The zero-order chi connectivity index (χ0) is 10.6. The molecule has 1 amide bonds. The molecule has 0 aromatic carbocycles. The minimum absolute atomic E-state index is 0.260. The van der Waals surface area contributed by atoms with Gasteiger partial charge < -0.3 is 5.32 Å². The highest BCUT2D eigenvalue weighted by molar-refractivity contribution is 6.18. The van der Waals surface area contributed by atoms with Crippen LogP contribution in [0.5, 0.6) is 0 Å². The number of aromatic nitrogens is 3. The van der Waals surface area contributed by atoms with Gasteiger partial charge in [-0.2, -0.15) is 15.4 Å². The Morgan fingerprint density at radius 3 is 2.93 bits per heavy atom. The van der Waals surface area contributed by atoms with Crippen LogP contribution in [0.3, 0.4) is 0 Å². The van der Waals surface area contributed by atoms with Gasteiger partial charge in [0, 0.05) is 5.88 Å². The van der Waals surface area contributed by atoms with E-state index in [4.69, 9.17) is 11.6 Å². The predicted molar refractivity (Wildman–Crippen MR) is 53.3 cm³/mol. The van der Waals surface area contributed by atoms with Crippen LogP contribution in [-0.2, 0) is 0 Å². The molecule has 1 aromatic heterocycles. The zero-order valence-corrected chi connectivity index (χ0v) is 8.93. The Labute approximate surface area is 87.2 Å². The smallest absolute Gasteiger partial charge is 0.273 e. The van der Waals surface area contributed by atoms with Crippen molar-refractivity contribution in [3.8, 4) is 0 Å². The highest BCUT2D eigenvalue weighted by atomic mass is 35.5.